The highest BCUT2D eigenvalue weighted by atomic mass is 16.5. The fraction of sp³-hybridized carbons (Fsp3) is 0.533. The van der Waals surface area contributed by atoms with E-state index in [1.165, 1.54) is 0 Å². The Hall–Kier alpha value is -1.71. The highest BCUT2D eigenvalue weighted by molar-refractivity contribution is 5.81. The lowest BCUT2D eigenvalue weighted by atomic mass is 10.2. The van der Waals surface area contributed by atoms with Crippen LogP contribution in [-0.4, -0.2) is 25.2 Å². The quantitative estimate of drug-likeness (QED) is 0.503. The van der Waals surface area contributed by atoms with E-state index in [0.717, 1.165) is 43.6 Å². The number of esters is 1. The first-order valence-corrected chi connectivity index (χ1v) is 7.01. The third-order valence-corrected chi connectivity index (χ3v) is 3.49. The molecule has 2 rings (SSSR count). The first-order valence-electron chi connectivity index (χ1n) is 7.01. The van der Waals surface area contributed by atoms with Crippen molar-refractivity contribution >= 4 is 17.3 Å². The van der Waals surface area contributed by atoms with Crippen molar-refractivity contribution in [1.29, 1.82) is 0 Å². The monoisotopic (exact) mass is 262 g/mol. The molecule has 1 aromatic rings. The molecule has 1 aliphatic heterocycles. The van der Waals surface area contributed by atoms with Gasteiger partial charge in [0.25, 0.3) is 0 Å². The first-order chi connectivity index (χ1) is 9.22. The summed E-state index contributed by atoms with van der Waals surface area (Å²) >= 11 is 0. The molecule has 1 atom stereocenters. The number of carbonyl (C=O) groups excluding carboxylic acids is 1. The van der Waals surface area contributed by atoms with Crippen LogP contribution in [0.1, 0.15) is 32.6 Å². The van der Waals surface area contributed by atoms with E-state index in [4.69, 9.17) is 10.5 Å². The number of benzene rings is 1. The van der Waals surface area contributed by atoms with E-state index in [2.05, 4.69) is 11.8 Å². The zero-order valence-electron chi connectivity index (χ0n) is 11.5. The van der Waals surface area contributed by atoms with Crippen molar-refractivity contribution < 1.29 is 9.53 Å². The Balaban J connectivity index is 2.00. The van der Waals surface area contributed by atoms with Crippen LogP contribution in [0.15, 0.2) is 24.3 Å². The van der Waals surface area contributed by atoms with Gasteiger partial charge in [0, 0.05) is 17.9 Å². The van der Waals surface area contributed by atoms with E-state index in [1.54, 1.807) is 0 Å². The van der Waals surface area contributed by atoms with Crippen LogP contribution in [0, 0.1) is 0 Å². The van der Waals surface area contributed by atoms with Crippen molar-refractivity contribution in [2.45, 2.75) is 38.6 Å². The minimum Gasteiger partial charge on any atom is -0.464 e. The molecule has 1 aliphatic rings. The van der Waals surface area contributed by atoms with Crippen LogP contribution in [0.5, 0.6) is 0 Å². The van der Waals surface area contributed by atoms with E-state index in [0.29, 0.717) is 6.61 Å². The SMILES string of the molecule is CCCCOC(=O)[C@@H]1CCCN1c1ccc(N)cc1. The smallest absolute Gasteiger partial charge is 0.328 e. The average Bonchev–Trinajstić information content (AvgIpc) is 2.89. The van der Waals surface area contributed by atoms with Gasteiger partial charge in [-0.15, -0.1) is 0 Å². The standard InChI is InChI=1S/C15H22N2O2/c1-2-3-11-19-15(18)14-5-4-10-17(14)13-8-6-12(16)7-9-13/h6-9,14H,2-5,10-11,16H2,1H3/t14-/m0/s1. The van der Waals surface area contributed by atoms with Crippen molar-refractivity contribution in [2.24, 2.45) is 0 Å². The molecule has 1 saturated heterocycles. The lowest BCUT2D eigenvalue weighted by Gasteiger charge is -2.25. The van der Waals surface area contributed by atoms with Crippen LogP contribution >= 0.6 is 0 Å². The highest BCUT2D eigenvalue weighted by Crippen LogP contribution is 2.26. The fourth-order valence-electron chi connectivity index (χ4n) is 2.40. The molecule has 0 spiro atoms. The molecule has 0 bridgehead atoms. The van der Waals surface area contributed by atoms with Gasteiger partial charge in [-0.05, 0) is 43.5 Å². The topological polar surface area (TPSA) is 55.6 Å². The zero-order chi connectivity index (χ0) is 13.7. The van der Waals surface area contributed by atoms with Crippen LogP contribution < -0.4 is 10.6 Å². The highest BCUT2D eigenvalue weighted by Gasteiger charge is 2.31. The van der Waals surface area contributed by atoms with E-state index < -0.39 is 0 Å². The Morgan fingerprint density at radius 1 is 1.42 bits per heavy atom. The fourth-order valence-corrected chi connectivity index (χ4v) is 2.40. The lowest BCUT2D eigenvalue weighted by molar-refractivity contribution is -0.145. The maximum Gasteiger partial charge on any atom is 0.328 e. The van der Waals surface area contributed by atoms with Gasteiger partial charge in [0.05, 0.1) is 6.61 Å². The van der Waals surface area contributed by atoms with Crippen molar-refractivity contribution in [1.82, 2.24) is 0 Å². The second-order valence-corrected chi connectivity index (χ2v) is 4.96. The van der Waals surface area contributed by atoms with E-state index in [9.17, 15) is 4.79 Å². The molecule has 1 fully saturated rings. The normalized spacial score (nSPS) is 18.6. The molecule has 4 heteroatoms. The Kier molecular flexibility index (Phi) is 4.66. The number of nitrogen functional groups attached to an aromatic ring is 1. The van der Waals surface area contributed by atoms with Gasteiger partial charge in [-0.1, -0.05) is 13.3 Å². The van der Waals surface area contributed by atoms with Gasteiger partial charge in [0.15, 0.2) is 0 Å². The van der Waals surface area contributed by atoms with Gasteiger partial charge in [0.1, 0.15) is 6.04 Å². The number of nitrogens with two attached hydrogens (primary N) is 1. The number of hydrogen-bond acceptors (Lipinski definition) is 4. The molecule has 0 saturated carbocycles. The summed E-state index contributed by atoms with van der Waals surface area (Å²) in [6, 6.07) is 7.53. The van der Waals surface area contributed by atoms with Crippen molar-refractivity contribution in [3.05, 3.63) is 24.3 Å². The molecule has 2 N–H and O–H groups in total. The molecule has 0 aromatic heterocycles. The van der Waals surface area contributed by atoms with Crippen molar-refractivity contribution in [2.75, 3.05) is 23.8 Å². The van der Waals surface area contributed by atoms with Crippen molar-refractivity contribution in [3.63, 3.8) is 0 Å². The van der Waals surface area contributed by atoms with E-state index in [1.807, 2.05) is 24.3 Å². The maximum atomic E-state index is 12.1. The number of nitrogens with zero attached hydrogens (tertiary/aromatic N) is 1. The average molecular weight is 262 g/mol. The summed E-state index contributed by atoms with van der Waals surface area (Å²) in [6.07, 6.45) is 3.87. The molecule has 19 heavy (non-hydrogen) atoms. The summed E-state index contributed by atoms with van der Waals surface area (Å²) in [4.78, 5) is 14.2. The first kappa shape index (κ1) is 13.7. The van der Waals surface area contributed by atoms with Gasteiger partial charge in [-0.3, -0.25) is 0 Å². The molecule has 0 radical (unpaired) electrons. The Morgan fingerprint density at radius 2 is 2.16 bits per heavy atom. The molecule has 104 valence electrons. The summed E-state index contributed by atoms with van der Waals surface area (Å²) in [7, 11) is 0. The summed E-state index contributed by atoms with van der Waals surface area (Å²) < 4.78 is 5.34. The summed E-state index contributed by atoms with van der Waals surface area (Å²) in [5.74, 6) is -0.0947. The minimum absolute atomic E-state index is 0.0947. The second kappa shape index (κ2) is 6.45. The van der Waals surface area contributed by atoms with Gasteiger partial charge in [-0.2, -0.15) is 0 Å². The molecule has 4 nitrogen and oxygen atoms in total. The number of anilines is 2. The Bertz CT molecular complexity index is 417. The molecule has 1 aromatic carbocycles. The third kappa shape index (κ3) is 3.40. The molecule has 1 heterocycles. The zero-order valence-corrected chi connectivity index (χ0v) is 11.5. The molecular weight excluding hydrogens is 240 g/mol. The maximum absolute atomic E-state index is 12.1. The van der Waals surface area contributed by atoms with Gasteiger partial charge >= 0.3 is 5.97 Å². The van der Waals surface area contributed by atoms with E-state index >= 15 is 0 Å². The number of rotatable bonds is 5. The lowest BCUT2D eigenvalue weighted by Crippen LogP contribution is -2.37. The third-order valence-electron chi connectivity index (χ3n) is 3.49. The van der Waals surface area contributed by atoms with E-state index in [-0.39, 0.29) is 12.0 Å². The van der Waals surface area contributed by atoms with Crippen LogP contribution in [0.4, 0.5) is 11.4 Å². The predicted octanol–water partition coefficient (Wildman–Crippen LogP) is 2.58. The number of hydrogen-bond donors (Lipinski definition) is 1. The molecule has 0 unspecified atom stereocenters. The predicted molar refractivity (Wildman–Crippen MR) is 77.1 cm³/mol. The summed E-state index contributed by atoms with van der Waals surface area (Å²) in [5.41, 5.74) is 7.48. The molecule has 0 aliphatic carbocycles. The number of ether oxygens (including phenoxy) is 1. The van der Waals surface area contributed by atoms with Crippen LogP contribution in [-0.2, 0) is 9.53 Å². The van der Waals surface area contributed by atoms with Gasteiger partial charge in [0.2, 0.25) is 0 Å². The second-order valence-electron chi connectivity index (χ2n) is 4.96. The van der Waals surface area contributed by atoms with Crippen LogP contribution in [0.2, 0.25) is 0 Å². The summed E-state index contributed by atoms with van der Waals surface area (Å²) in [6.45, 7) is 3.52. The minimum atomic E-state index is -0.138. The van der Waals surface area contributed by atoms with Gasteiger partial charge < -0.3 is 15.4 Å². The molecule has 0 amide bonds. The number of carbonyl (C=O) groups is 1. The number of unbranched alkanes of at least 4 members (excludes halogenated alkanes) is 1. The van der Waals surface area contributed by atoms with Crippen LogP contribution in [0.3, 0.4) is 0 Å². The van der Waals surface area contributed by atoms with Gasteiger partial charge in [-0.25, -0.2) is 4.79 Å². The van der Waals surface area contributed by atoms with Crippen LogP contribution in [0.25, 0.3) is 0 Å². The molecular formula is C15H22N2O2. The Morgan fingerprint density at radius 3 is 2.84 bits per heavy atom. The Labute approximate surface area is 114 Å². The largest absolute Gasteiger partial charge is 0.464 e. The van der Waals surface area contributed by atoms with Crippen molar-refractivity contribution in [3.8, 4) is 0 Å². The summed E-state index contributed by atoms with van der Waals surface area (Å²) in [5, 5.41) is 0.